The molecule has 0 aliphatic heterocycles. The van der Waals surface area contributed by atoms with Crippen molar-refractivity contribution in [3.05, 3.63) is 58.1 Å². The lowest BCUT2D eigenvalue weighted by atomic mass is 10.2. The van der Waals surface area contributed by atoms with Gasteiger partial charge in [0, 0.05) is 10.2 Å². The van der Waals surface area contributed by atoms with E-state index in [0.29, 0.717) is 10.2 Å². The van der Waals surface area contributed by atoms with Crippen molar-refractivity contribution in [1.82, 2.24) is 0 Å². The van der Waals surface area contributed by atoms with Crippen LogP contribution < -0.4 is 11.1 Å². The maximum Gasteiger partial charge on any atom is 0.256 e. The number of benzene rings is 2. The highest BCUT2D eigenvalue weighted by Gasteiger charge is 2.11. The van der Waals surface area contributed by atoms with Gasteiger partial charge in [-0.15, -0.1) is 0 Å². The van der Waals surface area contributed by atoms with E-state index in [2.05, 4.69) is 21.2 Å². The fraction of sp³-hybridized carbons (Fsp3) is 0. The minimum Gasteiger partial charge on any atom is -0.396 e. The van der Waals surface area contributed by atoms with Crippen molar-refractivity contribution in [3.63, 3.8) is 0 Å². The quantitative estimate of drug-likeness (QED) is 0.829. The number of nitrogen functional groups attached to an aromatic ring is 1. The van der Waals surface area contributed by atoms with Crippen LogP contribution in [0.25, 0.3) is 0 Å². The second kappa shape index (κ2) is 5.36. The highest BCUT2D eigenvalue weighted by molar-refractivity contribution is 9.10. The molecule has 98 valence electrons. The summed E-state index contributed by atoms with van der Waals surface area (Å²) in [5.74, 6) is -1.45. The molecule has 2 aromatic rings. The fourth-order valence-electron chi connectivity index (χ4n) is 1.49. The second-order valence-electron chi connectivity index (χ2n) is 3.81. The molecule has 0 atom stereocenters. The molecule has 3 nitrogen and oxygen atoms in total. The number of nitrogens with one attached hydrogen (secondary N) is 1. The third kappa shape index (κ3) is 3.08. The molecule has 19 heavy (non-hydrogen) atoms. The summed E-state index contributed by atoms with van der Waals surface area (Å²) >= 11 is 3.10. The molecule has 1 amide bonds. The van der Waals surface area contributed by atoms with Gasteiger partial charge in [0.2, 0.25) is 0 Å². The van der Waals surface area contributed by atoms with Gasteiger partial charge >= 0.3 is 0 Å². The second-order valence-corrected chi connectivity index (χ2v) is 4.67. The topological polar surface area (TPSA) is 55.1 Å². The Hall–Kier alpha value is -1.95. The molecule has 2 rings (SSSR count). The van der Waals surface area contributed by atoms with E-state index in [9.17, 15) is 13.6 Å². The van der Waals surface area contributed by atoms with E-state index in [-0.39, 0.29) is 11.3 Å². The number of halogens is 3. The molecule has 0 unspecified atom stereocenters. The summed E-state index contributed by atoms with van der Waals surface area (Å²) < 4.78 is 26.2. The van der Waals surface area contributed by atoms with Crippen LogP contribution in [-0.4, -0.2) is 5.91 Å². The molecule has 0 saturated heterocycles. The Kier molecular flexibility index (Phi) is 3.80. The number of anilines is 2. The normalized spacial score (nSPS) is 10.3. The lowest BCUT2D eigenvalue weighted by Gasteiger charge is -2.08. The van der Waals surface area contributed by atoms with E-state index in [1.54, 1.807) is 0 Å². The Bertz CT molecular complexity index is 647. The van der Waals surface area contributed by atoms with E-state index < -0.39 is 17.5 Å². The summed E-state index contributed by atoms with van der Waals surface area (Å²) in [6.45, 7) is 0. The number of nitrogens with two attached hydrogens (primary N) is 1. The summed E-state index contributed by atoms with van der Waals surface area (Å²) in [6, 6.07) is 7.57. The van der Waals surface area contributed by atoms with Crippen molar-refractivity contribution < 1.29 is 13.6 Å². The third-order valence-corrected chi connectivity index (χ3v) is 3.09. The summed E-state index contributed by atoms with van der Waals surface area (Å²) in [7, 11) is 0. The average molecular weight is 327 g/mol. The molecule has 2 aromatic carbocycles. The number of carbonyl (C=O) groups excluding carboxylic acids is 1. The van der Waals surface area contributed by atoms with E-state index >= 15 is 0 Å². The van der Waals surface area contributed by atoms with Crippen molar-refractivity contribution in [2.24, 2.45) is 0 Å². The highest BCUT2D eigenvalue weighted by atomic mass is 79.9. The van der Waals surface area contributed by atoms with Crippen LogP contribution in [0.2, 0.25) is 0 Å². The molecule has 6 heteroatoms. The lowest BCUT2D eigenvalue weighted by Crippen LogP contribution is -2.13. The Morgan fingerprint density at radius 3 is 2.53 bits per heavy atom. The third-order valence-electron chi connectivity index (χ3n) is 2.43. The van der Waals surface area contributed by atoms with Gasteiger partial charge in [0.15, 0.2) is 0 Å². The average Bonchev–Trinajstić information content (AvgIpc) is 2.33. The van der Waals surface area contributed by atoms with Crippen LogP contribution in [0.3, 0.4) is 0 Å². The van der Waals surface area contributed by atoms with Crippen molar-refractivity contribution in [1.29, 1.82) is 0 Å². The largest absolute Gasteiger partial charge is 0.396 e. The minimum absolute atomic E-state index is 0.0593. The zero-order chi connectivity index (χ0) is 14.0. The molecule has 0 fully saturated rings. The van der Waals surface area contributed by atoms with Crippen LogP contribution >= 0.6 is 15.9 Å². The monoisotopic (exact) mass is 326 g/mol. The Morgan fingerprint density at radius 2 is 1.89 bits per heavy atom. The summed E-state index contributed by atoms with van der Waals surface area (Å²) in [5.41, 5.74) is 5.97. The molecule has 3 N–H and O–H groups in total. The van der Waals surface area contributed by atoms with E-state index in [0.717, 1.165) is 6.07 Å². The van der Waals surface area contributed by atoms with Gasteiger partial charge < -0.3 is 11.1 Å². The van der Waals surface area contributed by atoms with Crippen molar-refractivity contribution in [2.75, 3.05) is 11.1 Å². The van der Waals surface area contributed by atoms with Gasteiger partial charge in [-0.3, -0.25) is 4.79 Å². The molecule has 0 heterocycles. The zero-order valence-corrected chi connectivity index (χ0v) is 11.2. The molecule has 0 bridgehead atoms. The number of hydrogen-bond donors (Lipinski definition) is 2. The van der Waals surface area contributed by atoms with Gasteiger partial charge in [-0.1, -0.05) is 0 Å². The maximum atomic E-state index is 13.0. The molecule has 0 saturated carbocycles. The van der Waals surface area contributed by atoms with Crippen molar-refractivity contribution >= 4 is 33.2 Å². The number of amides is 1. The standard InChI is InChI=1S/C13H9BrF2N2O/c14-10-5-7(15)1-3-9(10)13(19)18-8-2-4-11(16)12(17)6-8/h1-6H,17H2,(H,18,19). The van der Waals surface area contributed by atoms with Crippen molar-refractivity contribution in [2.45, 2.75) is 0 Å². The van der Waals surface area contributed by atoms with Gasteiger partial charge in [0.25, 0.3) is 5.91 Å². The fourth-order valence-corrected chi connectivity index (χ4v) is 2.02. The van der Waals surface area contributed by atoms with E-state index in [1.165, 1.54) is 30.3 Å². The van der Waals surface area contributed by atoms with Crippen LogP contribution in [0.4, 0.5) is 20.2 Å². The van der Waals surface area contributed by atoms with Gasteiger partial charge in [0.1, 0.15) is 11.6 Å². The zero-order valence-electron chi connectivity index (χ0n) is 9.58. The Morgan fingerprint density at radius 1 is 1.16 bits per heavy atom. The molecular formula is C13H9BrF2N2O. The minimum atomic E-state index is -0.555. The van der Waals surface area contributed by atoms with E-state index in [1.807, 2.05) is 0 Å². The molecule has 0 aliphatic rings. The van der Waals surface area contributed by atoms with Gasteiger partial charge in [0.05, 0.1) is 11.3 Å². The highest BCUT2D eigenvalue weighted by Crippen LogP contribution is 2.21. The molecule has 0 spiro atoms. The van der Waals surface area contributed by atoms with Crippen LogP contribution in [-0.2, 0) is 0 Å². The number of carbonyl (C=O) groups is 1. The first-order valence-corrected chi connectivity index (χ1v) is 6.08. The summed E-state index contributed by atoms with van der Waals surface area (Å²) in [6.07, 6.45) is 0. The number of hydrogen-bond acceptors (Lipinski definition) is 2. The Balaban J connectivity index is 2.23. The molecule has 0 aliphatic carbocycles. The van der Waals surface area contributed by atoms with Crippen LogP contribution in [0.15, 0.2) is 40.9 Å². The van der Waals surface area contributed by atoms with Crippen LogP contribution in [0.1, 0.15) is 10.4 Å². The summed E-state index contributed by atoms with van der Waals surface area (Å²) in [5, 5.41) is 2.55. The van der Waals surface area contributed by atoms with Crippen LogP contribution in [0.5, 0.6) is 0 Å². The summed E-state index contributed by atoms with van der Waals surface area (Å²) in [4.78, 5) is 11.9. The van der Waals surface area contributed by atoms with Gasteiger partial charge in [-0.25, -0.2) is 8.78 Å². The van der Waals surface area contributed by atoms with Crippen LogP contribution in [0, 0.1) is 11.6 Å². The lowest BCUT2D eigenvalue weighted by molar-refractivity contribution is 0.102. The first-order chi connectivity index (χ1) is 8.97. The predicted octanol–water partition coefficient (Wildman–Crippen LogP) is 3.56. The first kappa shape index (κ1) is 13.5. The maximum absolute atomic E-state index is 13.0. The predicted molar refractivity (Wildman–Crippen MR) is 72.9 cm³/mol. The van der Waals surface area contributed by atoms with E-state index in [4.69, 9.17) is 5.73 Å². The molecular weight excluding hydrogens is 318 g/mol. The van der Waals surface area contributed by atoms with Gasteiger partial charge in [-0.05, 0) is 52.3 Å². The Labute approximate surface area is 116 Å². The van der Waals surface area contributed by atoms with Gasteiger partial charge in [-0.2, -0.15) is 0 Å². The molecule has 0 radical (unpaired) electrons. The molecule has 0 aromatic heterocycles. The smallest absolute Gasteiger partial charge is 0.256 e. The number of rotatable bonds is 2. The first-order valence-electron chi connectivity index (χ1n) is 5.29. The van der Waals surface area contributed by atoms with Crippen molar-refractivity contribution in [3.8, 4) is 0 Å². The SMILES string of the molecule is Nc1cc(NC(=O)c2ccc(F)cc2Br)ccc1F.